The van der Waals surface area contributed by atoms with Crippen molar-refractivity contribution < 1.29 is 36.6 Å². The SMILES string of the molecule is O=C(N[C@H]1CO[C@H](F)[C@H](OCc2ccccc2)[C@H]1OCc1ccccc1)C(F)(F)F. The van der Waals surface area contributed by atoms with Crippen molar-refractivity contribution in [2.75, 3.05) is 6.61 Å². The van der Waals surface area contributed by atoms with Crippen LogP contribution in [0, 0.1) is 0 Å². The highest BCUT2D eigenvalue weighted by atomic mass is 19.4. The lowest BCUT2D eigenvalue weighted by Crippen LogP contribution is -2.61. The molecule has 4 atom stereocenters. The van der Waals surface area contributed by atoms with E-state index >= 15 is 0 Å². The first-order valence-electron chi connectivity index (χ1n) is 9.29. The second-order valence-corrected chi connectivity index (χ2v) is 6.78. The zero-order valence-corrected chi connectivity index (χ0v) is 15.8. The number of halogens is 4. The number of benzene rings is 2. The summed E-state index contributed by atoms with van der Waals surface area (Å²) in [7, 11) is 0. The number of amides is 1. The molecule has 3 rings (SSSR count). The predicted molar refractivity (Wildman–Crippen MR) is 98.9 cm³/mol. The summed E-state index contributed by atoms with van der Waals surface area (Å²) in [5, 5.41) is 1.83. The van der Waals surface area contributed by atoms with Crippen molar-refractivity contribution in [1.29, 1.82) is 0 Å². The quantitative estimate of drug-likeness (QED) is 0.687. The van der Waals surface area contributed by atoms with Gasteiger partial charge >= 0.3 is 12.1 Å². The van der Waals surface area contributed by atoms with E-state index in [1.807, 2.05) is 5.32 Å². The summed E-state index contributed by atoms with van der Waals surface area (Å²) in [5.74, 6) is -2.15. The fourth-order valence-corrected chi connectivity index (χ4v) is 3.05. The molecule has 0 bridgehead atoms. The number of nitrogens with one attached hydrogen (secondary N) is 1. The summed E-state index contributed by atoms with van der Waals surface area (Å²) in [6.45, 7) is -0.476. The lowest BCUT2D eigenvalue weighted by Gasteiger charge is -2.39. The minimum Gasteiger partial charge on any atom is -0.368 e. The Bertz CT molecular complexity index is 804. The fourth-order valence-electron chi connectivity index (χ4n) is 3.05. The van der Waals surface area contributed by atoms with E-state index < -0.39 is 43.3 Å². The molecular weight excluding hydrogens is 406 g/mol. The van der Waals surface area contributed by atoms with Crippen molar-refractivity contribution in [2.45, 2.75) is 44.0 Å². The van der Waals surface area contributed by atoms with E-state index in [0.717, 1.165) is 11.1 Å². The van der Waals surface area contributed by atoms with Crippen molar-refractivity contribution in [3.8, 4) is 0 Å². The Morgan fingerprint density at radius 2 is 1.43 bits per heavy atom. The highest BCUT2D eigenvalue weighted by Crippen LogP contribution is 2.26. The minimum atomic E-state index is -5.09. The van der Waals surface area contributed by atoms with Gasteiger partial charge in [-0.3, -0.25) is 4.79 Å². The number of rotatable bonds is 7. The third-order valence-corrected chi connectivity index (χ3v) is 4.56. The lowest BCUT2D eigenvalue weighted by atomic mass is 10.0. The van der Waals surface area contributed by atoms with E-state index in [1.165, 1.54) is 0 Å². The maximum atomic E-state index is 14.5. The van der Waals surface area contributed by atoms with E-state index in [1.54, 1.807) is 60.7 Å². The molecule has 1 saturated heterocycles. The predicted octanol–water partition coefficient (Wildman–Crippen LogP) is 3.53. The van der Waals surface area contributed by atoms with Crippen molar-refractivity contribution in [3.63, 3.8) is 0 Å². The first-order chi connectivity index (χ1) is 14.3. The largest absolute Gasteiger partial charge is 0.471 e. The normalized spacial score (nSPS) is 24.4. The van der Waals surface area contributed by atoms with Crippen LogP contribution in [0.1, 0.15) is 11.1 Å². The molecule has 0 spiro atoms. The molecule has 0 saturated carbocycles. The number of carbonyl (C=O) groups excluding carboxylic acids is 1. The van der Waals surface area contributed by atoms with Crippen LogP contribution in [0.5, 0.6) is 0 Å². The van der Waals surface area contributed by atoms with Gasteiger partial charge < -0.3 is 19.5 Å². The zero-order valence-electron chi connectivity index (χ0n) is 15.8. The number of carbonyl (C=O) groups is 1. The Labute approximate surface area is 170 Å². The van der Waals surface area contributed by atoms with Crippen LogP contribution in [0.4, 0.5) is 17.6 Å². The van der Waals surface area contributed by atoms with Crippen molar-refractivity contribution in [3.05, 3.63) is 71.8 Å². The summed E-state index contributed by atoms with van der Waals surface area (Å²) in [6.07, 6.45) is -9.53. The molecule has 2 aromatic rings. The van der Waals surface area contributed by atoms with Crippen LogP contribution in [0.15, 0.2) is 60.7 Å². The minimum absolute atomic E-state index is 0.000418. The Hall–Kier alpha value is -2.49. The first kappa shape index (κ1) is 22.2. The Morgan fingerprint density at radius 3 is 1.93 bits per heavy atom. The van der Waals surface area contributed by atoms with Gasteiger partial charge in [0.1, 0.15) is 12.2 Å². The highest BCUT2D eigenvalue weighted by Gasteiger charge is 2.47. The van der Waals surface area contributed by atoms with Gasteiger partial charge in [0.2, 0.25) is 6.36 Å². The molecule has 1 aliphatic rings. The number of ether oxygens (including phenoxy) is 3. The van der Waals surface area contributed by atoms with Crippen LogP contribution in [0.3, 0.4) is 0 Å². The van der Waals surface area contributed by atoms with Crippen LogP contribution >= 0.6 is 0 Å². The van der Waals surface area contributed by atoms with Crippen LogP contribution in [0.2, 0.25) is 0 Å². The van der Waals surface area contributed by atoms with Gasteiger partial charge in [-0.2, -0.15) is 13.2 Å². The average Bonchev–Trinajstić information content (AvgIpc) is 2.73. The van der Waals surface area contributed by atoms with Crippen LogP contribution in [-0.2, 0) is 32.2 Å². The summed E-state index contributed by atoms with van der Waals surface area (Å²) in [4.78, 5) is 11.4. The van der Waals surface area contributed by atoms with Crippen molar-refractivity contribution in [2.24, 2.45) is 0 Å². The highest BCUT2D eigenvalue weighted by molar-refractivity contribution is 5.82. The van der Waals surface area contributed by atoms with E-state index in [9.17, 15) is 22.4 Å². The molecule has 1 fully saturated rings. The molecule has 1 N–H and O–H groups in total. The Morgan fingerprint density at radius 1 is 0.933 bits per heavy atom. The molecular formula is C21H21F4NO4. The van der Waals surface area contributed by atoms with Gasteiger partial charge in [-0.25, -0.2) is 4.39 Å². The third-order valence-electron chi connectivity index (χ3n) is 4.56. The van der Waals surface area contributed by atoms with Crippen LogP contribution in [0.25, 0.3) is 0 Å². The van der Waals surface area contributed by atoms with Gasteiger partial charge in [-0.1, -0.05) is 60.7 Å². The van der Waals surface area contributed by atoms with E-state index in [0.29, 0.717) is 0 Å². The molecule has 9 heteroatoms. The summed E-state index contributed by atoms with van der Waals surface area (Å²) < 4.78 is 69.0. The number of hydrogen-bond acceptors (Lipinski definition) is 4. The standard InChI is InChI=1S/C21H21F4NO4/c22-19-18(29-12-15-9-5-2-6-10-15)17(28-11-14-7-3-1-4-8-14)16(13-30-19)26-20(27)21(23,24)25/h1-10,16-19H,11-13H2,(H,26,27)/t16-,17-,18+,19-/m0/s1. The van der Waals surface area contributed by atoms with E-state index in [4.69, 9.17) is 14.2 Å². The van der Waals surface area contributed by atoms with E-state index in [2.05, 4.69) is 0 Å². The Balaban J connectivity index is 1.75. The topological polar surface area (TPSA) is 56.8 Å². The molecule has 0 radical (unpaired) electrons. The molecule has 1 amide bonds. The monoisotopic (exact) mass is 427 g/mol. The van der Waals surface area contributed by atoms with Gasteiger partial charge in [0, 0.05) is 0 Å². The fraction of sp³-hybridized carbons (Fsp3) is 0.381. The van der Waals surface area contributed by atoms with Gasteiger partial charge in [-0.05, 0) is 11.1 Å². The van der Waals surface area contributed by atoms with Gasteiger partial charge in [0.15, 0.2) is 0 Å². The molecule has 1 aliphatic heterocycles. The molecule has 5 nitrogen and oxygen atoms in total. The molecule has 2 aromatic carbocycles. The van der Waals surface area contributed by atoms with Gasteiger partial charge in [0.05, 0.1) is 25.9 Å². The number of hydrogen-bond donors (Lipinski definition) is 1. The average molecular weight is 427 g/mol. The maximum absolute atomic E-state index is 14.5. The summed E-state index contributed by atoms with van der Waals surface area (Å²) >= 11 is 0. The van der Waals surface area contributed by atoms with Crippen molar-refractivity contribution in [1.82, 2.24) is 5.32 Å². The second-order valence-electron chi connectivity index (χ2n) is 6.78. The maximum Gasteiger partial charge on any atom is 0.471 e. The third kappa shape index (κ3) is 6.01. The molecule has 0 unspecified atom stereocenters. The molecule has 30 heavy (non-hydrogen) atoms. The molecule has 0 aliphatic carbocycles. The van der Waals surface area contributed by atoms with Crippen LogP contribution in [-0.4, -0.2) is 43.3 Å². The smallest absolute Gasteiger partial charge is 0.368 e. The summed E-state index contributed by atoms with van der Waals surface area (Å²) in [6, 6.07) is 16.5. The van der Waals surface area contributed by atoms with Gasteiger partial charge in [0.25, 0.3) is 0 Å². The summed E-state index contributed by atoms with van der Waals surface area (Å²) in [5.41, 5.74) is 1.48. The lowest BCUT2D eigenvalue weighted by molar-refractivity contribution is -0.234. The molecule has 162 valence electrons. The second kappa shape index (κ2) is 10.0. The van der Waals surface area contributed by atoms with Crippen molar-refractivity contribution >= 4 is 5.91 Å². The molecule has 0 aromatic heterocycles. The van der Waals surface area contributed by atoms with Crippen LogP contribution < -0.4 is 5.32 Å². The Kier molecular flexibility index (Phi) is 7.41. The number of alkyl halides is 4. The molecule has 1 heterocycles. The van der Waals surface area contributed by atoms with Gasteiger partial charge in [-0.15, -0.1) is 0 Å². The first-order valence-corrected chi connectivity index (χ1v) is 9.29. The van der Waals surface area contributed by atoms with E-state index in [-0.39, 0.29) is 13.2 Å². The zero-order chi connectivity index (χ0) is 21.6.